The number of rotatable bonds is 8. The van der Waals surface area contributed by atoms with Crippen LogP contribution in [0.1, 0.15) is 32.4 Å². The third-order valence-corrected chi connectivity index (χ3v) is 4.80. The first kappa shape index (κ1) is 24.2. The van der Waals surface area contributed by atoms with Crippen molar-refractivity contribution in [2.75, 3.05) is 45.9 Å². The van der Waals surface area contributed by atoms with Gasteiger partial charge in [0.05, 0.1) is 25.9 Å². The number of hydrogen-bond acceptors (Lipinski definition) is 5. The molecule has 1 heterocycles. The SMILES string of the molecule is CCNC(=NCC(C)(C)N1CCOCC1)NCC(O)c1ccc(OC(F)(F)F)cc1. The van der Waals surface area contributed by atoms with Gasteiger partial charge in [0, 0.05) is 31.7 Å². The van der Waals surface area contributed by atoms with Crippen LogP contribution in [0.2, 0.25) is 0 Å². The highest BCUT2D eigenvalue weighted by molar-refractivity contribution is 5.79. The highest BCUT2D eigenvalue weighted by Crippen LogP contribution is 2.24. The first-order chi connectivity index (χ1) is 14.1. The minimum Gasteiger partial charge on any atom is -0.406 e. The summed E-state index contributed by atoms with van der Waals surface area (Å²) in [5.41, 5.74) is 0.334. The van der Waals surface area contributed by atoms with Crippen molar-refractivity contribution in [1.29, 1.82) is 0 Å². The van der Waals surface area contributed by atoms with Gasteiger partial charge in [0.15, 0.2) is 5.96 Å². The molecule has 1 fully saturated rings. The zero-order chi connectivity index (χ0) is 22.2. The van der Waals surface area contributed by atoms with Gasteiger partial charge >= 0.3 is 6.36 Å². The van der Waals surface area contributed by atoms with Crippen LogP contribution < -0.4 is 15.4 Å². The number of morpholine rings is 1. The van der Waals surface area contributed by atoms with Crippen LogP contribution in [0.15, 0.2) is 29.3 Å². The van der Waals surface area contributed by atoms with Crippen LogP contribution in [-0.2, 0) is 4.74 Å². The maximum absolute atomic E-state index is 12.2. The summed E-state index contributed by atoms with van der Waals surface area (Å²) >= 11 is 0. The van der Waals surface area contributed by atoms with Crippen molar-refractivity contribution < 1.29 is 27.8 Å². The lowest BCUT2D eigenvalue weighted by atomic mass is 10.0. The standard InChI is InChI=1S/C20H31F3N4O3/c1-4-24-18(26-14-19(2,3)27-9-11-29-12-10-27)25-13-17(28)15-5-7-16(8-6-15)30-20(21,22)23/h5-8,17,28H,4,9-14H2,1-3H3,(H2,24,25,26). The average Bonchev–Trinajstić information content (AvgIpc) is 2.70. The van der Waals surface area contributed by atoms with Crippen LogP contribution >= 0.6 is 0 Å². The molecule has 0 bridgehead atoms. The molecule has 1 aliphatic rings. The summed E-state index contributed by atoms with van der Waals surface area (Å²) in [7, 11) is 0. The number of aliphatic hydroxyl groups is 1. The Morgan fingerprint density at radius 3 is 2.40 bits per heavy atom. The first-order valence-corrected chi connectivity index (χ1v) is 9.99. The Balaban J connectivity index is 1.92. The molecule has 1 unspecified atom stereocenters. The lowest BCUT2D eigenvalue weighted by molar-refractivity contribution is -0.274. The molecule has 0 saturated carbocycles. The van der Waals surface area contributed by atoms with Crippen molar-refractivity contribution in [2.45, 2.75) is 38.8 Å². The fraction of sp³-hybridized carbons (Fsp3) is 0.650. The molecular formula is C20H31F3N4O3. The molecule has 30 heavy (non-hydrogen) atoms. The van der Waals surface area contributed by atoms with E-state index < -0.39 is 12.5 Å². The van der Waals surface area contributed by atoms with Crippen molar-refractivity contribution in [2.24, 2.45) is 4.99 Å². The van der Waals surface area contributed by atoms with Gasteiger partial charge in [-0.05, 0) is 38.5 Å². The molecule has 1 saturated heterocycles. The van der Waals surface area contributed by atoms with Crippen molar-refractivity contribution in [3.05, 3.63) is 29.8 Å². The fourth-order valence-electron chi connectivity index (χ4n) is 3.09. The summed E-state index contributed by atoms with van der Waals surface area (Å²) in [6.07, 6.45) is -5.66. The predicted molar refractivity (Wildman–Crippen MR) is 109 cm³/mol. The molecule has 0 amide bonds. The summed E-state index contributed by atoms with van der Waals surface area (Å²) in [4.78, 5) is 6.97. The third kappa shape index (κ3) is 8.00. The molecule has 3 N–H and O–H groups in total. The van der Waals surface area contributed by atoms with Gasteiger partial charge in [-0.25, -0.2) is 0 Å². The van der Waals surface area contributed by atoms with Crippen molar-refractivity contribution in [3.8, 4) is 5.75 Å². The Hall–Kier alpha value is -2.04. The van der Waals surface area contributed by atoms with E-state index in [4.69, 9.17) is 4.74 Å². The average molecular weight is 432 g/mol. The molecule has 0 radical (unpaired) electrons. The zero-order valence-electron chi connectivity index (χ0n) is 17.6. The van der Waals surface area contributed by atoms with Gasteiger partial charge in [-0.3, -0.25) is 9.89 Å². The summed E-state index contributed by atoms with van der Waals surface area (Å²) < 4.78 is 46.0. The second-order valence-electron chi connectivity index (χ2n) is 7.62. The van der Waals surface area contributed by atoms with Crippen molar-refractivity contribution in [1.82, 2.24) is 15.5 Å². The molecular weight excluding hydrogens is 401 g/mol. The number of ether oxygens (including phenoxy) is 2. The van der Waals surface area contributed by atoms with E-state index in [0.717, 1.165) is 13.1 Å². The zero-order valence-corrected chi connectivity index (χ0v) is 17.6. The summed E-state index contributed by atoms with van der Waals surface area (Å²) in [5, 5.41) is 16.6. The van der Waals surface area contributed by atoms with Gasteiger partial charge in [0.1, 0.15) is 5.75 Å². The number of benzene rings is 1. The lowest BCUT2D eigenvalue weighted by Gasteiger charge is -2.39. The van der Waals surface area contributed by atoms with E-state index >= 15 is 0 Å². The largest absolute Gasteiger partial charge is 0.573 e. The number of nitrogens with zero attached hydrogens (tertiary/aromatic N) is 2. The normalized spacial score (nSPS) is 17.5. The topological polar surface area (TPSA) is 78.4 Å². The van der Waals surface area contributed by atoms with E-state index in [2.05, 4.69) is 39.1 Å². The van der Waals surface area contributed by atoms with E-state index in [1.54, 1.807) is 0 Å². The minimum atomic E-state index is -4.74. The maximum atomic E-state index is 12.2. The molecule has 1 aliphatic heterocycles. The molecule has 10 heteroatoms. The van der Waals surface area contributed by atoms with E-state index in [1.807, 2.05) is 6.92 Å². The number of halogens is 3. The van der Waals surface area contributed by atoms with Gasteiger partial charge in [-0.15, -0.1) is 13.2 Å². The molecule has 1 aromatic rings. The highest BCUT2D eigenvalue weighted by Gasteiger charge is 2.31. The highest BCUT2D eigenvalue weighted by atomic mass is 19.4. The molecule has 0 spiro atoms. The van der Waals surface area contributed by atoms with Crippen LogP contribution in [-0.4, -0.2) is 73.8 Å². The number of guanidine groups is 1. The second-order valence-corrected chi connectivity index (χ2v) is 7.62. The van der Waals surface area contributed by atoms with Crippen LogP contribution in [0.4, 0.5) is 13.2 Å². The Morgan fingerprint density at radius 2 is 1.83 bits per heavy atom. The molecule has 170 valence electrons. The molecule has 1 aromatic carbocycles. The number of hydrogen-bond donors (Lipinski definition) is 3. The molecule has 2 rings (SSSR count). The number of aliphatic imine (C=N–C) groups is 1. The Bertz CT molecular complexity index is 675. The summed E-state index contributed by atoms with van der Waals surface area (Å²) in [5.74, 6) is 0.238. The van der Waals surface area contributed by atoms with Gasteiger partial charge in [-0.1, -0.05) is 12.1 Å². The van der Waals surface area contributed by atoms with E-state index in [9.17, 15) is 18.3 Å². The van der Waals surface area contributed by atoms with Crippen LogP contribution in [0, 0.1) is 0 Å². The fourth-order valence-corrected chi connectivity index (χ4v) is 3.09. The van der Waals surface area contributed by atoms with Gasteiger partial charge < -0.3 is 25.2 Å². The number of alkyl halides is 3. The van der Waals surface area contributed by atoms with Crippen LogP contribution in [0.25, 0.3) is 0 Å². The van der Waals surface area contributed by atoms with Crippen LogP contribution in [0.5, 0.6) is 5.75 Å². The molecule has 0 aliphatic carbocycles. The lowest BCUT2D eigenvalue weighted by Crippen LogP contribution is -2.52. The minimum absolute atomic E-state index is 0.140. The molecule has 7 nitrogen and oxygen atoms in total. The predicted octanol–water partition coefficient (Wildman–Crippen LogP) is 2.28. The second kappa shape index (κ2) is 10.8. The van der Waals surface area contributed by atoms with Gasteiger partial charge in [0.25, 0.3) is 0 Å². The third-order valence-electron chi connectivity index (χ3n) is 4.80. The van der Waals surface area contributed by atoms with Crippen LogP contribution in [0.3, 0.4) is 0 Å². The maximum Gasteiger partial charge on any atom is 0.573 e. The summed E-state index contributed by atoms with van der Waals surface area (Å²) in [6, 6.07) is 5.16. The van der Waals surface area contributed by atoms with E-state index in [1.165, 1.54) is 24.3 Å². The smallest absolute Gasteiger partial charge is 0.406 e. The summed E-state index contributed by atoms with van der Waals surface area (Å²) in [6.45, 7) is 10.7. The Morgan fingerprint density at radius 1 is 1.20 bits per heavy atom. The quantitative estimate of drug-likeness (QED) is 0.432. The van der Waals surface area contributed by atoms with E-state index in [-0.39, 0.29) is 17.8 Å². The van der Waals surface area contributed by atoms with Crippen molar-refractivity contribution >= 4 is 5.96 Å². The number of nitrogens with one attached hydrogen (secondary N) is 2. The van der Waals surface area contributed by atoms with Gasteiger partial charge in [-0.2, -0.15) is 0 Å². The molecule has 0 aromatic heterocycles. The van der Waals surface area contributed by atoms with Gasteiger partial charge in [0.2, 0.25) is 0 Å². The first-order valence-electron chi connectivity index (χ1n) is 9.99. The van der Waals surface area contributed by atoms with Crippen molar-refractivity contribution in [3.63, 3.8) is 0 Å². The Labute approximate surface area is 175 Å². The molecule has 1 atom stereocenters. The monoisotopic (exact) mass is 432 g/mol. The Kier molecular flexibility index (Phi) is 8.75. The van der Waals surface area contributed by atoms with E-state index in [0.29, 0.717) is 37.8 Å². The number of aliphatic hydroxyl groups excluding tert-OH is 1.